The van der Waals surface area contributed by atoms with Gasteiger partial charge in [0.05, 0.1) is 6.61 Å². The third-order valence-electron chi connectivity index (χ3n) is 2.40. The van der Waals surface area contributed by atoms with Gasteiger partial charge in [-0.15, -0.1) is 0 Å². The van der Waals surface area contributed by atoms with Crippen molar-refractivity contribution in [2.24, 2.45) is 0 Å². The van der Waals surface area contributed by atoms with E-state index in [1.54, 1.807) is 0 Å². The van der Waals surface area contributed by atoms with Gasteiger partial charge in [-0.25, -0.2) is 0 Å². The second-order valence-electron chi connectivity index (χ2n) is 3.26. The van der Waals surface area contributed by atoms with Crippen LogP contribution in [-0.2, 0) is 6.61 Å². The van der Waals surface area contributed by atoms with Crippen LogP contribution < -0.4 is 0 Å². The Morgan fingerprint density at radius 2 is 2.07 bits per heavy atom. The van der Waals surface area contributed by atoms with Crippen molar-refractivity contribution in [3.63, 3.8) is 0 Å². The lowest BCUT2D eigenvalue weighted by Crippen LogP contribution is -1.85. The van der Waals surface area contributed by atoms with Gasteiger partial charge in [0.25, 0.3) is 0 Å². The Morgan fingerprint density at radius 1 is 1.21 bits per heavy atom. The molecule has 14 heavy (non-hydrogen) atoms. The van der Waals surface area contributed by atoms with Crippen LogP contribution in [0.1, 0.15) is 11.1 Å². The van der Waals surface area contributed by atoms with Gasteiger partial charge >= 0.3 is 0 Å². The van der Waals surface area contributed by atoms with Gasteiger partial charge in [0.1, 0.15) is 0 Å². The van der Waals surface area contributed by atoms with Crippen LogP contribution in [0.15, 0.2) is 43.0 Å². The zero-order chi connectivity index (χ0) is 9.97. The highest BCUT2D eigenvalue weighted by Gasteiger charge is 1.99. The molecule has 0 aliphatic heterocycles. The minimum Gasteiger partial charge on any atom is -0.392 e. The maximum atomic E-state index is 9.14. The van der Waals surface area contributed by atoms with Crippen LogP contribution in [0.5, 0.6) is 0 Å². The molecule has 0 aliphatic carbocycles. The topological polar surface area (TPSA) is 20.2 Å². The lowest BCUT2D eigenvalue weighted by molar-refractivity contribution is 0.283. The summed E-state index contributed by atoms with van der Waals surface area (Å²) in [7, 11) is 0. The Morgan fingerprint density at radius 3 is 2.79 bits per heavy atom. The molecule has 0 atom stereocenters. The van der Waals surface area contributed by atoms with E-state index in [2.05, 4.69) is 12.6 Å². The third-order valence-corrected chi connectivity index (χ3v) is 2.40. The molecule has 0 amide bonds. The molecule has 1 N–H and O–H groups in total. The van der Waals surface area contributed by atoms with E-state index in [0.29, 0.717) is 0 Å². The first kappa shape index (κ1) is 8.97. The zero-order valence-electron chi connectivity index (χ0n) is 7.90. The van der Waals surface area contributed by atoms with E-state index in [9.17, 15) is 0 Å². The summed E-state index contributed by atoms with van der Waals surface area (Å²) < 4.78 is 0. The van der Waals surface area contributed by atoms with Gasteiger partial charge < -0.3 is 5.11 Å². The Kier molecular flexibility index (Phi) is 2.33. The second kappa shape index (κ2) is 3.64. The van der Waals surface area contributed by atoms with Crippen molar-refractivity contribution in [2.75, 3.05) is 0 Å². The molecule has 0 aromatic heterocycles. The van der Waals surface area contributed by atoms with Crippen LogP contribution in [0.4, 0.5) is 0 Å². The summed E-state index contributed by atoms with van der Waals surface area (Å²) >= 11 is 0. The van der Waals surface area contributed by atoms with Gasteiger partial charge in [-0.3, -0.25) is 0 Å². The summed E-state index contributed by atoms with van der Waals surface area (Å²) in [5.74, 6) is 0. The molecule has 0 spiro atoms. The number of fused-ring (bicyclic) bond motifs is 1. The van der Waals surface area contributed by atoms with E-state index in [1.165, 1.54) is 0 Å². The molecule has 2 aromatic rings. The lowest BCUT2D eigenvalue weighted by Gasteiger charge is -2.04. The maximum Gasteiger partial charge on any atom is 0.0687 e. The van der Waals surface area contributed by atoms with Crippen molar-refractivity contribution < 1.29 is 5.11 Å². The molecule has 0 saturated carbocycles. The summed E-state index contributed by atoms with van der Waals surface area (Å²) in [5.41, 5.74) is 2.07. The predicted molar refractivity (Wildman–Crippen MR) is 60.0 cm³/mol. The summed E-state index contributed by atoms with van der Waals surface area (Å²) in [5, 5.41) is 11.4. The SMILES string of the molecule is C=Cc1ccc2c(CO)cccc2c1. The van der Waals surface area contributed by atoms with Gasteiger partial charge in [-0.05, 0) is 28.0 Å². The van der Waals surface area contributed by atoms with Crippen LogP contribution in [0, 0.1) is 0 Å². The smallest absolute Gasteiger partial charge is 0.0687 e. The molecule has 0 aliphatic rings. The fraction of sp³-hybridized carbons (Fsp3) is 0.0769. The number of benzene rings is 2. The van der Waals surface area contributed by atoms with Crippen molar-refractivity contribution >= 4 is 16.8 Å². The van der Waals surface area contributed by atoms with Crippen LogP contribution in [0.25, 0.3) is 16.8 Å². The molecule has 2 aromatic carbocycles. The van der Waals surface area contributed by atoms with Crippen LogP contribution in [0.2, 0.25) is 0 Å². The fourth-order valence-electron chi connectivity index (χ4n) is 1.63. The third kappa shape index (κ3) is 1.42. The van der Waals surface area contributed by atoms with E-state index in [-0.39, 0.29) is 6.61 Å². The average Bonchev–Trinajstić information content (AvgIpc) is 2.27. The lowest BCUT2D eigenvalue weighted by atomic mass is 10.0. The van der Waals surface area contributed by atoms with Crippen molar-refractivity contribution in [1.82, 2.24) is 0 Å². The first-order valence-corrected chi connectivity index (χ1v) is 4.60. The normalized spacial score (nSPS) is 10.4. The molecule has 0 radical (unpaired) electrons. The van der Waals surface area contributed by atoms with Gasteiger partial charge in [0, 0.05) is 0 Å². The highest BCUT2D eigenvalue weighted by atomic mass is 16.3. The Balaban J connectivity index is 2.73. The summed E-state index contributed by atoms with van der Waals surface area (Å²) in [4.78, 5) is 0. The summed E-state index contributed by atoms with van der Waals surface area (Å²) in [6, 6.07) is 12.0. The molecule has 2 rings (SSSR count). The number of rotatable bonds is 2. The molecule has 1 heteroatoms. The first-order chi connectivity index (χ1) is 6.85. The maximum absolute atomic E-state index is 9.14. The Hall–Kier alpha value is -1.60. The van der Waals surface area contributed by atoms with Gasteiger partial charge in [-0.2, -0.15) is 0 Å². The van der Waals surface area contributed by atoms with Gasteiger partial charge in [-0.1, -0.05) is 43.0 Å². The number of aliphatic hydroxyl groups is 1. The molecule has 0 bridgehead atoms. The van der Waals surface area contributed by atoms with Crippen LogP contribution in [-0.4, -0.2) is 5.11 Å². The fourth-order valence-corrected chi connectivity index (χ4v) is 1.63. The minimum absolute atomic E-state index is 0.0881. The Labute approximate surface area is 83.3 Å². The predicted octanol–water partition coefficient (Wildman–Crippen LogP) is 2.98. The van der Waals surface area contributed by atoms with Crippen LogP contribution >= 0.6 is 0 Å². The van der Waals surface area contributed by atoms with Crippen molar-refractivity contribution in [3.8, 4) is 0 Å². The van der Waals surface area contributed by atoms with E-state index in [1.807, 2.05) is 36.4 Å². The standard InChI is InChI=1S/C13H12O/c1-2-10-6-7-13-11(8-10)4-3-5-12(13)9-14/h2-8,14H,1,9H2. The van der Waals surface area contributed by atoms with Crippen molar-refractivity contribution in [1.29, 1.82) is 0 Å². The monoisotopic (exact) mass is 184 g/mol. The van der Waals surface area contributed by atoms with E-state index in [4.69, 9.17) is 5.11 Å². The summed E-state index contributed by atoms with van der Waals surface area (Å²) in [6.07, 6.45) is 1.82. The molecule has 70 valence electrons. The molecule has 0 heterocycles. The highest BCUT2D eigenvalue weighted by Crippen LogP contribution is 2.20. The van der Waals surface area contributed by atoms with Crippen molar-refractivity contribution in [2.45, 2.75) is 6.61 Å². The molecular weight excluding hydrogens is 172 g/mol. The molecule has 0 fully saturated rings. The second-order valence-corrected chi connectivity index (χ2v) is 3.26. The average molecular weight is 184 g/mol. The highest BCUT2D eigenvalue weighted by molar-refractivity contribution is 5.87. The van der Waals surface area contributed by atoms with E-state index >= 15 is 0 Å². The van der Waals surface area contributed by atoms with E-state index < -0.39 is 0 Å². The Bertz CT molecular complexity index is 472. The van der Waals surface area contributed by atoms with Gasteiger partial charge in [0.15, 0.2) is 0 Å². The minimum atomic E-state index is 0.0881. The number of aliphatic hydroxyl groups excluding tert-OH is 1. The number of hydrogen-bond acceptors (Lipinski definition) is 1. The molecule has 0 unspecified atom stereocenters. The first-order valence-electron chi connectivity index (χ1n) is 4.60. The largest absolute Gasteiger partial charge is 0.392 e. The van der Waals surface area contributed by atoms with Crippen LogP contribution in [0.3, 0.4) is 0 Å². The quantitative estimate of drug-likeness (QED) is 0.760. The molecule has 0 saturated heterocycles. The summed E-state index contributed by atoms with van der Waals surface area (Å²) in [6.45, 7) is 3.82. The molecule has 1 nitrogen and oxygen atoms in total. The number of hydrogen-bond donors (Lipinski definition) is 1. The molecular formula is C13H12O. The van der Waals surface area contributed by atoms with E-state index in [0.717, 1.165) is 21.9 Å². The van der Waals surface area contributed by atoms with Gasteiger partial charge in [0.2, 0.25) is 0 Å². The zero-order valence-corrected chi connectivity index (χ0v) is 7.90. The van der Waals surface area contributed by atoms with Crippen molar-refractivity contribution in [3.05, 3.63) is 54.1 Å².